The summed E-state index contributed by atoms with van der Waals surface area (Å²) in [5.41, 5.74) is 9.23. The van der Waals surface area contributed by atoms with Gasteiger partial charge in [0.2, 0.25) is 10.0 Å². The van der Waals surface area contributed by atoms with Crippen molar-refractivity contribution in [3.8, 4) is 0 Å². The summed E-state index contributed by atoms with van der Waals surface area (Å²) in [6, 6.07) is 24.9. The highest BCUT2D eigenvalue weighted by Crippen LogP contribution is 2.29. The number of nitrogens with two attached hydrogens (primary N) is 1. The van der Waals surface area contributed by atoms with Gasteiger partial charge in [-0.25, -0.2) is 13.1 Å². The van der Waals surface area contributed by atoms with Gasteiger partial charge in [0.25, 0.3) is 0 Å². The second-order valence-corrected chi connectivity index (χ2v) is 9.93. The van der Waals surface area contributed by atoms with Crippen molar-refractivity contribution in [2.45, 2.75) is 43.2 Å². The van der Waals surface area contributed by atoms with Crippen LogP contribution in [0.4, 0.5) is 0 Å². The van der Waals surface area contributed by atoms with Gasteiger partial charge in [-0.3, -0.25) is 0 Å². The first-order chi connectivity index (χ1) is 13.7. The zero-order valence-electron chi connectivity index (χ0n) is 17.0. The van der Waals surface area contributed by atoms with Gasteiger partial charge in [-0.2, -0.15) is 0 Å². The molecule has 2 atom stereocenters. The third kappa shape index (κ3) is 5.12. The lowest BCUT2D eigenvalue weighted by Crippen LogP contribution is -2.36. The minimum atomic E-state index is -3.75. The van der Waals surface area contributed by atoms with Crippen molar-refractivity contribution in [2.75, 3.05) is 0 Å². The zero-order valence-corrected chi connectivity index (χ0v) is 17.9. The van der Waals surface area contributed by atoms with Gasteiger partial charge in [-0.1, -0.05) is 93.6 Å². The van der Waals surface area contributed by atoms with Crippen molar-refractivity contribution in [2.24, 2.45) is 5.73 Å². The Morgan fingerprint density at radius 1 is 0.759 bits per heavy atom. The highest BCUT2D eigenvalue weighted by Gasteiger charge is 2.27. The summed E-state index contributed by atoms with van der Waals surface area (Å²) < 4.78 is 29.1. The summed E-state index contributed by atoms with van der Waals surface area (Å²) in [5, 5.41) is 0. The van der Waals surface area contributed by atoms with Crippen molar-refractivity contribution in [3.05, 3.63) is 102 Å². The van der Waals surface area contributed by atoms with Gasteiger partial charge in [-0.15, -0.1) is 0 Å². The fourth-order valence-corrected chi connectivity index (χ4v) is 4.49. The molecule has 0 aliphatic carbocycles. The molecule has 0 aromatic heterocycles. The van der Waals surface area contributed by atoms with Crippen molar-refractivity contribution in [1.82, 2.24) is 4.72 Å². The Morgan fingerprint density at radius 2 is 1.24 bits per heavy atom. The standard InChI is InChI=1S/C24H28N2O2S/c1-24(2,3)20-14-16-21(17-15-20)29(27,28)26-23(19-12-8-5-9-13-19)22(25)18-10-6-4-7-11-18/h4-17,22-23,26H,25H2,1-3H3/t22-,23-/m0/s1. The number of nitrogens with one attached hydrogen (secondary N) is 1. The molecule has 0 aliphatic heterocycles. The topological polar surface area (TPSA) is 72.2 Å². The van der Waals surface area contributed by atoms with E-state index in [2.05, 4.69) is 25.5 Å². The molecule has 0 saturated carbocycles. The van der Waals surface area contributed by atoms with Gasteiger partial charge in [-0.05, 0) is 34.2 Å². The summed E-state index contributed by atoms with van der Waals surface area (Å²) in [7, 11) is -3.75. The average molecular weight is 409 g/mol. The molecule has 3 aromatic rings. The lowest BCUT2D eigenvalue weighted by Gasteiger charge is -2.26. The summed E-state index contributed by atoms with van der Waals surface area (Å²) in [4.78, 5) is 0.228. The predicted molar refractivity (Wildman–Crippen MR) is 118 cm³/mol. The maximum atomic E-state index is 13.1. The second-order valence-electron chi connectivity index (χ2n) is 8.22. The third-order valence-electron chi connectivity index (χ3n) is 5.02. The van der Waals surface area contributed by atoms with Crippen LogP contribution < -0.4 is 10.5 Å². The molecule has 0 fully saturated rings. The van der Waals surface area contributed by atoms with Gasteiger partial charge in [0.1, 0.15) is 0 Å². The van der Waals surface area contributed by atoms with Crippen LogP contribution in [0.15, 0.2) is 89.8 Å². The summed E-state index contributed by atoms with van der Waals surface area (Å²) >= 11 is 0. The average Bonchev–Trinajstić information content (AvgIpc) is 2.72. The lowest BCUT2D eigenvalue weighted by atomic mass is 9.87. The predicted octanol–water partition coefficient (Wildman–Crippen LogP) is 4.70. The Bertz CT molecular complexity index is 1030. The minimum absolute atomic E-state index is 0.0437. The number of hydrogen-bond donors (Lipinski definition) is 2. The molecule has 3 rings (SSSR count). The van der Waals surface area contributed by atoms with Crippen LogP contribution in [0, 0.1) is 0 Å². The molecule has 152 valence electrons. The van der Waals surface area contributed by atoms with Crippen LogP contribution in [0.25, 0.3) is 0 Å². The van der Waals surface area contributed by atoms with Gasteiger partial charge >= 0.3 is 0 Å². The maximum Gasteiger partial charge on any atom is 0.241 e. The molecule has 0 saturated heterocycles. The molecule has 0 heterocycles. The largest absolute Gasteiger partial charge is 0.322 e. The van der Waals surface area contributed by atoms with Crippen molar-refractivity contribution < 1.29 is 8.42 Å². The van der Waals surface area contributed by atoms with Crippen LogP contribution >= 0.6 is 0 Å². The number of benzene rings is 3. The molecule has 0 bridgehead atoms. The van der Waals surface area contributed by atoms with E-state index in [0.717, 1.165) is 16.7 Å². The Balaban J connectivity index is 1.95. The molecular formula is C24H28N2O2S. The van der Waals surface area contributed by atoms with E-state index in [1.165, 1.54) is 0 Å². The van der Waals surface area contributed by atoms with E-state index >= 15 is 0 Å². The van der Waals surface area contributed by atoms with Crippen LogP contribution in [0.3, 0.4) is 0 Å². The Labute approximate surface area is 173 Å². The second kappa shape index (κ2) is 8.49. The van der Waals surface area contributed by atoms with E-state index in [1.807, 2.05) is 72.8 Å². The quantitative estimate of drug-likeness (QED) is 0.621. The summed E-state index contributed by atoms with van der Waals surface area (Å²) in [6.07, 6.45) is 0. The van der Waals surface area contributed by atoms with E-state index in [4.69, 9.17) is 5.73 Å². The van der Waals surface area contributed by atoms with Crippen molar-refractivity contribution in [3.63, 3.8) is 0 Å². The SMILES string of the molecule is CC(C)(C)c1ccc(S(=O)(=O)N[C@@H](c2ccccc2)[C@@H](N)c2ccccc2)cc1. The number of rotatable bonds is 6. The zero-order chi connectivity index (χ0) is 21.1. The van der Waals surface area contributed by atoms with Gasteiger partial charge in [0, 0.05) is 0 Å². The van der Waals surface area contributed by atoms with Gasteiger partial charge < -0.3 is 5.73 Å². The Hall–Kier alpha value is -2.47. The molecule has 4 nitrogen and oxygen atoms in total. The molecule has 3 N–H and O–H groups in total. The first kappa shape index (κ1) is 21.2. The van der Waals surface area contributed by atoms with Gasteiger partial charge in [0.15, 0.2) is 0 Å². The molecular weight excluding hydrogens is 380 g/mol. The van der Waals surface area contributed by atoms with Crippen molar-refractivity contribution >= 4 is 10.0 Å². The van der Waals surface area contributed by atoms with E-state index in [-0.39, 0.29) is 10.3 Å². The number of hydrogen-bond acceptors (Lipinski definition) is 3. The Kier molecular flexibility index (Phi) is 6.22. The van der Waals surface area contributed by atoms with Crippen molar-refractivity contribution in [1.29, 1.82) is 0 Å². The Morgan fingerprint density at radius 3 is 1.72 bits per heavy atom. The molecule has 3 aromatic carbocycles. The first-order valence-corrected chi connectivity index (χ1v) is 11.2. The molecule has 0 aliphatic rings. The molecule has 0 radical (unpaired) electrons. The molecule has 29 heavy (non-hydrogen) atoms. The summed E-state index contributed by atoms with van der Waals surface area (Å²) in [5.74, 6) is 0. The van der Waals surface area contributed by atoms with Crippen LogP contribution in [-0.2, 0) is 15.4 Å². The monoisotopic (exact) mass is 408 g/mol. The van der Waals surface area contributed by atoms with E-state index < -0.39 is 22.1 Å². The molecule has 5 heteroatoms. The number of sulfonamides is 1. The van der Waals surface area contributed by atoms with E-state index in [1.54, 1.807) is 12.1 Å². The highest BCUT2D eigenvalue weighted by molar-refractivity contribution is 7.89. The maximum absolute atomic E-state index is 13.1. The van der Waals surface area contributed by atoms with Gasteiger partial charge in [0.05, 0.1) is 17.0 Å². The minimum Gasteiger partial charge on any atom is -0.322 e. The fourth-order valence-electron chi connectivity index (χ4n) is 3.25. The van der Waals surface area contributed by atoms with Crippen LogP contribution in [0.1, 0.15) is 49.5 Å². The molecule has 0 unspecified atom stereocenters. The lowest BCUT2D eigenvalue weighted by molar-refractivity contribution is 0.504. The fraction of sp³-hybridized carbons (Fsp3) is 0.250. The van der Waals surface area contributed by atoms with E-state index in [0.29, 0.717) is 0 Å². The summed E-state index contributed by atoms with van der Waals surface area (Å²) in [6.45, 7) is 6.29. The normalized spacial score (nSPS) is 14.3. The van der Waals surface area contributed by atoms with E-state index in [9.17, 15) is 8.42 Å². The molecule has 0 amide bonds. The third-order valence-corrected chi connectivity index (χ3v) is 6.47. The molecule has 0 spiro atoms. The smallest absolute Gasteiger partial charge is 0.241 e. The van der Waals surface area contributed by atoms with Crippen LogP contribution in [0.2, 0.25) is 0 Å². The highest BCUT2D eigenvalue weighted by atomic mass is 32.2. The van der Waals surface area contributed by atoms with Crippen LogP contribution in [0.5, 0.6) is 0 Å². The van der Waals surface area contributed by atoms with Crippen LogP contribution in [-0.4, -0.2) is 8.42 Å². The first-order valence-electron chi connectivity index (χ1n) is 9.67.